The summed E-state index contributed by atoms with van der Waals surface area (Å²) in [5, 5.41) is 11.4. The van der Waals surface area contributed by atoms with Crippen molar-refractivity contribution < 1.29 is 4.92 Å². The first kappa shape index (κ1) is 14.2. The number of likely N-dealkylation sites (N-methyl/N-ethyl adjacent to an activating group) is 1. The van der Waals surface area contributed by atoms with E-state index in [1.54, 1.807) is 12.1 Å². The highest BCUT2D eigenvalue weighted by atomic mass is 16.6. The van der Waals surface area contributed by atoms with Crippen LogP contribution in [0, 0.1) is 15.5 Å². The third kappa shape index (κ3) is 2.05. The molecule has 1 heterocycles. The molecule has 1 unspecified atom stereocenters. The van der Waals surface area contributed by atoms with E-state index in [1.165, 1.54) is 16.8 Å². The summed E-state index contributed by atoms with van der Waals surface area (Å²) in [6.07, 6.45) is 7.44. The van der Waals surface area contributed by atoms with Crippen molar-refractivity contribution in [3.8, 4) is 0 Å². The van der Waals surface area contributed by atoms with Gasteiger partial charge in [0.15, 0.2) is 0 Å². The number of rotatable bonds is 1. The standard InChI is InChI=1S/C19H20N2O2/c1-19(2)10-15-14-9-12-5-4-6-17(21(22)23)18(12)13(14)7-8-16(15)20(3)11-19/h4-9,13H,10-11H2,1-3H3. The first-order valence-electron chi connectivity index (χ1n) is 7.99. The molecule has 0 aromatic heterocycles. The van der Waals surface area contributed by atoms with Crippen LogP contribution >= 0.6 is 0 Å². The molecule has 0 radical (unpaired) electrons. The Morgan fingerprint density at radius 1 is 1.35 bits per heavy atom. The summed E-state index contributed by atoms with van der Waals surface area (Å²) in [6.45, 7) is 5.60. The first-order valence-corrected chi connectivity index (χ1v) is 7.99. The molecule has 3 aliphatic rings. The van der Waals surface area contributed by atoms with Crippen molar-refractivity contribution in [1.29, 1.82) is 0 Å². The molecule has 0 amide bonds. The lowest BCUT2D eigenvalue weighted by Gasteiger charge is -2.42. The largest absolute Gasteiger partial charge is 0.374 e. The number of benzene rings is 1. The van der Waals surface area contributed by atoms with Crippen molar-refractivity contribution in [2.24, 2.45) is 5.41 Å². The van der Waals surface area contributed by atoms with E-state index < -0.39 is 0 Å². The smallest absolute Gasteiger partial charge is 0.274 e. The van der Waals surface area contributed by atoms with Crippen molar-refractivity contribution in [3.63, 3.8) is 0 Å². The minimum Gasteiger partial charge on any atom is -0.374 e. The Morgan fingerprint density at radius 3 is 2.87 bits per heavy atom. The summed E-state index contributed by atoms with van der Waals surface area (Å²) in [7, 11) is 2.13. The quantitative estimate of drug-likeness (QED) is 0.575. The van der Waals surface area contributed by atoms with Crippen LogP contribution in [0.1, 0.15) is 37.3 Å². The average Bonchev–Trinajstić information content (AvgIpc) is 2.85. The van der Waals surface area contributed by atoms with Gasteiger partial charge in [0.2, 0.25) is 0 Å². The Labute approximate surface area is 136 Å². The van der Waals surface area contributed by atoms with Crippen LogP contribution in [-0.4, -0.2) is 23.4 Å². The molecule has 0 bridgehead atoms. The third-order valence-corrected chi connectivity index (χ3v) is 5.11. The number of hydrogen-bond donors (Lipinski definition) is 0. The molecule has 1 aliphatic heterocycles. The highest BCUT2D eigenvalue weighted by Crippen LogP contribution is 2.51. The fourth-order valence-corrected chi connectivity index (χ4v) is 4.33. The molecule has 4 rings (SSSR count). The highest BCUT2D eigenvalue weighted by molar-refractivity contribution is 5.78. The predicted octanol–water partition coefficient (Wildman–Crippen LogP) is 4.26. The molecule has 0 fully saturated rings. The molecule has 0 spiro atoms. The average molecular weight is 308 g/mol. The van der Waals surface area contributed by atoms with E-state index in [0.717, 1.165) is 24.1 Å². The number of hydrogen-bond acceptors (Lipinski definition) is 3. The summed E-state index contributed by atoms with van der Waals surface area (Å²) in [6, 6.07) is 5.38. The van der Waals surface area contributed by atoms with E-state index in [4.69, 9.17) is 0 Å². The van der Waals surface area contributed by atoms with Crippen LogP contribution in [0.4, 0.5) is 5.69 Å². The van der Waals surface area contributed by atoms with Gasteiger partial charge in [-0.1, -0.05) is 32.1 Å². The van der Waals surface area contributed by atoms with Crippen LogP contribution < -0.4 is 0 Å². The summed E-state index contributed by atoms with van der Waals surface area (Å²) in [4.78, 5) is 13.5. The SMILES string of the molecule is CN1CC(C)(C)CC2=C1C=CC1C2=Cc2cccc([N+](=O)[O-])c21. The van der Waals surface area contributed by atoms with Crippen molar-refractivity contribution in [2.45, 2.75) is 26.2 Å². The van der Waals surface area contributed by atoms with Gasteiger partial charge in [-0.15, -0.1) is 0 Å². The van der Waals surface area contributed by atoms with Crippen LogP contribution in [0.25, 0.3) is 6.08 Å². The normalized spacial score (nSPS) is 24.0. The van der Waals surface area contributed by atoms with Gasteiger partial charge in [0.1, 0.15) is 0 Å². The molecule has 23 heavy (non-hydrogen) atoms. The van der Waals surface area contributed by atoms with Crippen molar-refractivity contribution >= 4 is 11.8 Å². The highest BCUT2D eigenvalue weighted by Gasteiger charge is 2.39. The van der Waals surface area contributed by atoms with Crippen LogP contribution in [0.5, 0.6) is 0 Å². The van der Waals surface area contributed by atoms with Gasteiger partial charge in [-0.05, 0) is 40.7 Å². The van der Waals surface area contributed by atoms with E-state index in [1.807, 2.05) is 6.07 Å². The van der Waals surface area contributed by atoms with Gasteiger partial charge < -0.3 is 4.90 Å². The lowest BCUT2D eigenvalue weighted by Crippen LogP contribution is -2.37. The second kappa shape index (κ2) is 4.57. The molecule has 1 aromatic rings. The van der Waals surface area contributed by atoms with E-state index >= 15 is 0 Å². The van der Waals surface area contributed by atoms with Gasteiger partial charge in [-0.2, -0.15) is 0 Å². The monoisotopic (exact) mass is 308 g/mol. The topological polar surface area (TPSA) is 46.4 Å². The number of allylic oxidation sites excluding steroid dienone is 4. The van der Waals surface area contributed by atoms with Crippen molar-refractivity contribution in [2.75, 3.05) is 13.6 Å². The maximum atomic E-state index is 11.4. The van der Waals surface area contributed by atoms with Gasteiger partial charge in [-0.3, -0.25) is 10.1 Å². The molecule has 1 atom stereocenters. The van der Waals surface area contributed by atoms with E-state index in [9.17, 15) is 10.1 Å². The molecule has 0 saturated heterocycles. The predicted molar refractivity (Wildman–Crippen MR) is 91.0 cm³/mol. The number of nitro benzene ring substituents is 1. The molecule has 0 saturated carbocycles. The Bertz CT molecular complexity index is 815. The minimum atomic E-state index is -0.260. The van der Waals surface area contributed by atoms with Crippen LogP contribution in [0.15, 0.2) is 47.2 Å². The molecule has 0 N–H and O–H groups in total. The van der Waals surface area contributed by atoms with E-state index in [2.05, 4.69) is 44.0 Å². The Kier molecular flexibility index (Phi) is 2.83. The van der Waals surface area contributed by atoms with Crippen LogP contribution in [-0.2, 0) is 0 Å². The molecule has 118 valence electrons. The van der Waals surface area contributed by atoms with Crippen LogP contribution in [0.3, 0.4) is 0 Å². The fraction of sp³-hybridized carbons (Fsp3) is 0.368. The molecular formula is C19H20N2O2. The molecule has 1 aromatic carbocycles. The lowest BCUT2D eigenvalue weighted by atomic mass is 9.74. The summed E-state index contributed by atoms with van der Waals surface area (Å²) in [5.41, 5.74) is 6.14. The maximum Gasteiger partial charge on any atom is 0.274 e. The summed E-state index contributed by atoms with van der Waals surface area (Å²) in [5.74, 6) is 0.0210. The Balaban J connectivity index is 1.86. The molecular weight excluding hydrogens is 288 g/mol. The third-order valence-electron chi connectivity index (χ3n) is 5.11. The van der Waals surface area contributed by atoms with Gasteiger partial charge in [0.05, 0.1) is 4.92 Å². The van der Waals surface area contributed by atoms with Gasteiger partial charge in [0, 0.05) is 36.8 Å². The fourth-order valence-electron chi connectivity index (χ4n) is 4.33. The zero-order valence-electron chi connectivity index (χ0n) is 13.7. The summed E-state index contributed by atoms with van der Waals surface area (Å²) >= 11 is 0. The minimum absolute atomic E-state index is 0.0210. The van der Waals surface area contributed by atoms with Gasteiger partial charge in [0.25, 0.3) is 5.69 Å². The second-order valence-electron chi connectivity index (χ2n) is 7.53. The lowest BCUT2D eigenvalue weighted by molar-refractivity contribution is -0.385. The molecule has 2 aliphatic carbocycles. The number of nitrogens with zero attached hydrogens (tertiary/aromatic N) is 2. The maximum absolute atomic E-state index is 11.4. The van der Waals surface area contributed by atoms with Crippen molar-refractivity contribution in [1.82, 2.24) is 4.90 Å². The second-order valence-corrected chi connectivity index (χ2v) is 7.53. The molecule has 4 nitrogen and oxygen atoms in total. The van der Waals surface area contributed by atoms with Gasteiger partial charge >= 0.3 is 0 Å². The van der Waals surface area contributed by atoms with E-state index in [0.29, 0.717) is 0 Å². The number of nitro groups is 1. The number of fused-ring (bicyclic) bond motifs is 4. The zero-order chi connectivity index (χ0) is 16.4. The molecule has 4 heteroatoms. The zero-order valence-corrected chi connectivity index (χ0v) is 13.7. The van der Waals surface area contributed by atoms with Gasteiger partial charge in [-0.25, -0.2) is 0 Å². The summed E-state index contributed by atoms with van der Waals surface area (Å²) < 4.78 is 0. The van der Waals surface area contributed by atoms with Crippen molar-refractivity contribution in [3.05, 3.63) is 68.4 Å². The van der Waals surface area contributed by atoms with Crippen LogP contribution in [0.2, 0.25) is 0 Å². The first-order chi connectivity index (χ1) is 10.9. The Morgan fingerprint density at radius 2 is 2.13 bits per heavy atom. The Hall–Kier alpha value is -2.36. The van der Waals surface area contributed by atoms with E-state index in [-0.39, 0.29) is 21.9 Å².